The number of benzene rings is 1. The normalized spacial score (nSPS) is 17.9. The van der Waals surface area contributed by atoms with Crippen LogP contribution in [0, 0.1) is 11.8 Å². The van der Waals surface area contributed by atoms with E-state index < -0.39 is 15.9 Å². The Morgan fingerprint density at radius 3 is 2.93 bits per heavy atom. The number of rotatable bonds is 8. The highest BCUT2D eigenvalue weighted by Crippen LogP contribution is 2.28. The number of hydrogen-bond donors (Lipinski definition) is 1. The van der Waals surface area contributed by atoms with Gasteiger partial charge in [-0.1, -0.05) is 60.7 Å². The Morgan fingerprint density at radius 2 is 2.20 bits per heavy atom. The minimum absolute atomic E-state index is 0.130. The van der Waals surface area contributed by atoms with E-state index in [-0.39, 0.29) is 18.2 Å². The third kappa shape index (κ3) is 6.65. The maximum atomic E-state index is 12.9. The van der Waals surface area contributed by atoms with Crippen molar-refractivity contribution in [3.05, 3.63) is 34.9 Å². The number of amides is 1. The molecule has 3 rings (SSSR count). The molecule has 1 saturated heterocycles. The molecule has 2 aromatic rings. The molecule has 1 aromatic heterocycles. The number of aromatic nitrogens is 2. The zero-order valence-corrected chi connectivity index (χ0v) is 20.1. The van der Waals surface area contributed by atoms with Crippen LogP contribution in [0.25, 0.3) is 0 Å². The van der Waals surface area contributed by atoms with Crippen molar-refractivity contribution in [1.82, 2.24) is 14.5 Å². The monoisotopic (exact) mass is 488 g/mol. The Morgan fingerprint density at radius 1 is 1.40 bits per heavy atom. The molecule has 0 spiro atoms. The number of nitrogens with zero attached hydrogens (tertiary/aromatic N) is 3. The predicted molar refractivity (Wildman–Crippen MR) is 122 cm³/mol. The van der Waals surface area contributed by atoms with Gasteiger partial charge in [0.15, 0.2) is 4.34 Å². The standard InChI is InChI=1S/C19H25ClN4O3S3/c1-13(2)11-28-19-23-22-18(29-19)21-17(25)15-6-4-8-24(10-15)30(26,27)12-14-5-3-7-16(20)9-14/h3,5,7,9,13,15H,4,6,8,10-12H2,1-2H3,(H,21,22,25)/t15-/m0/s1. The molecule has 2 heterocycles. The van der Waals surface area contributed by atoms with Crippen LogP contribution < -0.4 is 5.32 Å². The largest absolute Gasteiger partial charge is 0.300 e. The molecule has 1 fully saturated rings. The molecular weight excluding hydrogens is 464 g/mol. The van der Waals surface area contributed by atoms with Crippen molar-refractivity contribution < 1.29 is 13.2 Å². The van der Waals surface area contributed by atoms with E-state index in [2.05, 4.69) is 29.4 Å². The topological polar surface area (TPSA) is 92.3 Å². The maximum absolute atomic E-state index is 12.9. The number of anilines is 1. The molecule has 164 valence electrons. The fourth-order valence-corrected chi connectivity index (χ4v) is 6.64. The van der Waals surface area contributed by atoms with Crippen LogP contribution in [0.15, 0.2) is 28.6 Å². The SMILES string of the molecule is CC(C)CSc1nnc(NC(=O)[C@H]2CCCN(S(=O)(=O)Cc3cccc(Cl)c3)C2)s1. The Hall–Kier alpha value is -1.20. The van der Waals surface area contributed by atoms with Crippen LogP contribution in [0.4, 0.5) is 5.13 Å². The summed E-state index contributed by atoms with van der Waals surface area (Å²) in [4.78, 5) is 12.7. The van der Waals surface area contributed by atoms with Gasteiger partial charge in [0.1, 0.15) is 0 Å². The van der Waals surface area contributed by atoms with E-state index in [1.807, 2.05) is 0 Å². The Balaban J connectivity index is 1.59. The zero-order valence-electron chi connectivity index (χ0n) is 16.9. The molecule has 0 saturated carbocycles. The number of carbonyl (C=O) groups is 1. The van der Waals surface area contributed by atoms with Gasteiger partial charge in [-0.15, -0.1) is 10.2 Å². The molecule has 1 amide bonds. The fraction of sp³-hybridized carbons (Fsp3) is 0.526. The van der Waals surface area contributed by atoms with Crippen molar-refractivity contribution in [3.8, 4) is 0 Å². The molecule has 0 aliphatic carbocycles. The lowest BCUT2D eigenvalue weighted by Crippen LogP contribution is -2.44. The summed E-state index contributed by atoms with van der Waals surface area (Å²) in [6.45, 7) is 4.85. The molecule has 1 N–H and O–H groups in total. The van der Waals surface area contributed by atoms with Crippen LogP contribution in [0.1, 0.15) is 32.3 Å². The van der Waals surface area contributed by atoms with Gasteiger partial charge in [0.05, 0.1) is 11.7 Å². The minimum Gasteiger partial charge on any atom is -0.300 e. The summed E-state index contributed by atoms with van der Waals surface area (Å²) < 4.78 is 27.9. The average molecular weight is 489 g/mol. The summed E-state index contributed by atoms with van der Waals surface area (Å²) in [6.07, 6.45) is 1.28. The third-order valence-electron chi connectivity index (χ3n) is 4.56. The molecule has 0 radical (unpaired) electrons. The number of thioether (sulfide) groups is 1. The molecule has 1 aliphatic rings. The first-order valence-electron chi connectivity index (χ1n) is 9.72. The number of sulfonamides is 1. The minimum atomic E-state index is -3.54. The highest BCUT2D eigenvalue weighted by molar-refractivity contribution is 8.01. The summed E-state index contributed by atoms with van der Waals surface area (Å²) in [5.41, 5.74) is 0.634. The van der Waals surface area contributed by atoms with Crippen LogP contribution in [0.5, 0.6) is 0 Å². The van der Waals surface area contributed by atoms with Gasteiger partial charge in [-0.25, -0.2) is 12.7 Å². The Bertz CT molecular complexity index is 981. The number of nitrogens with one attached hydrogen (secondary N) is 1. The average Bonchev–Trinajstić information content (AvgIpc) is 3.13. The fourth-order valence-electron chi connectivity index (χ4n) is 3.10. The molecule has 30 heavy (non-hydrogen) atoms. The van der Waals surface area contributed by atoms with E-state index >= 15 is 0 Å². The molecule has 0 bridgehead atoms. The first kappa shape index (κ1) is 23.5. The number of carbonyl (C=O) groups excluding carboxylic acids is 1. The summed E-state index contributed by atoms with van der Waals surface area (Å²) in [5.74, 6) is 0.719. The summed E-state index contributed by atoms with van der Waals surface area (Å²) >= 11 is 8.92. The van der Waals surface area contributed by atoms with Crippen LogP contribution in [0.3, 0.4) is 0 Å². The molecule has 1 aromatic carbocycles. The van der Waals surface area contributed by atoms with Crippen LogP contribution >= 0.6 is 34.7 Å². The first-order chi connectivity index (χ1) is 14.2. The van der Waals surface area contributed by atoms with E-state index in [0.29, 0.717) is 41.0 Å². The van der Waals surface area contributed by atoms with Gasteiger partial charge in [0, 0.05) is 23.9 Å². The lowest BCUT2D eigenvalue weighted by atomic mass is 9.99. The number of hydrogen-bond acceptors (Lipinski definition) is 7. The highest BCUT2D eigenvalue weighted by Gasteiger charge is 2.32. The van der Waals surface area contributed by atoms with E-state index in [4.69, 9.17) is 11.6 Å². The molecule has 11 heteroatoms. The highest BCUT2D eigenvalue weighted by atomic mass is 35.5. The van der Waals surface area contributed by atoms with E-state index in [1.54, 1.807) is 36.0 Å². The second-order valence-electron chi connectivity index (χ2n) is 7.65. The molecule has 1 aliphatic heterocycles. The van der Waals surface area contributed by atoms with Crippen molar-refractivity contribution in [2.24, 2.45) is 11.8 Å². The van der Waals surface area contributed by atoms with Gasteiger partial charge < -0.3 is 5.32 Å². The maximum Gasteiger partial charge on any atom is 0.230 e. The second kappa shape index (κ2) is 10.4. The zero-order chi connectivity index (χ0) is 21.7. The van der Waals surface area contributed by atoms with Crippen molar-refractivity contribution in [2.45, 2.75) is 36.8 Å². The summed E-state index contributed by atoms with van der Waals surface area (Å²) in [6, 6.07) is 6.83. The van der Waals surface area contributed by atoms with Crippen LogP contribution in [0.2, 0.25) is 5.02 Å². The molecule has 1 atom stereocenters. The summed E-state index contributed by atoms with van der Waals surface area (Å²) in [5, 5.41) is 11.9. The predicted octanol–water partition coefficient (Wildman–Crippen LogP) is 4.12. The lowest BCUT2D eigenvalue weighted by molar-refractivity contribution is -0.120. The van der Waals surface area contributed by atoms with E-state index in [1.165, 1.54) is 15.6 Å². The Labute approximate surface area is 190 Å². The van der Waals surface area contributed by atoms with Crippen LogP contribution in [-0.4, -0.2) is 47.7 Å². The van der Waals surface area contributed by atoms with Crippen LogP contribution in [-0.2, 0) is 20.6 Å². The first-order valence-corrected chi connectivity index (χ1v) is 13.5. The molecular formula is C19H25ClN4O3S3. The Kier molecular flexibility index (Phi) is 8.14. The lowest BCUT2D eigenvalue weighted by Gasteiger charge is -2.31. The smallest absolute Gasteiger partial charge is 0.230 e. The van der Waals surface area contributed by atoms with Gasteiger partial charge in [-0.05, 0) is 36.5 Å². The number of halogens is 1. The number of piperidine rings is 1. The molecule has 0 unspecified atom stereocenters. The quantitative estimate of drug-likeness (QED) is 0.444. The van der Waals surface area contributed by atoms with E-state index in [0.717, 1.165) is 10.1 Å². The molecule has 7 nitrogen and oxygen atoms in total. The van der Waals surface area contributed by atoms with Gasteiger partial charge in [-0.3, -0.25) is 4.79 Å². The third-order valence-corrected chi connectivity index (χ3v) is 9.01. The van der Waals surface area contributed by atoms with Crippen molar-refractivity contribution in [3.63, 3.8) is 0 Å². The van der Waals surface area contributed by atoms with Crippen molar-refractivity contribution >= 4 is 55.8 Å². The van der Waals surface area contributed by atoms with E-state index in [9.17, 15) is 13.2 Å². The van der Waals surface area contributed by atoms with Crippen molar-refractivity contribution in [1.29, 1.82) is 0 Å². The van der Waals surface area contributed by atoms with Gasteiger partial charge >= 0.3 is 0 Å². The van der Waals surface area contributed by atoms with Gasteiger partial charge in [0.25, 0.3) is 0 Å². The van der Waals surface area contributed by atoms with Crippen molar-refractivity contribution in [2.75, 3.05) is 24.2 Å². The van der Waals surface area contributed by atoms with Gasteiger partial charge in [-0.2, -0.15) is 0 Å². The second-order valence-corrected chi connectivity index (χ2v) is 12.3. The van der Waals surface area contributed by atoms with Gasteiger partial charge in [0.2, 0.25) is 21.1 Å². The summed E-state index contributed by atoms with van der Waals surface area (Å²) in [7, 11) is -3.54.